The number of hydrogen-bond donors (Lipinski definition) is 4. The van der Waals surface area contributed by atoms with Gasteiger partial charge in [-0.2, -0.15) is 0 Å². The van der Waals surface area contributed by atoms with Crippen LogP contribution in [-0.4, -0.2) is 56.9 Å². The number of carboxylic acid groups (broad SMARTS) is 1. The lowest BCUT2D eigenvalue weighted by molar-refractivity contribution is -0.136. The molecule has 0 amide bonds. The standard InChI is InChI=1S/C22H34O6/c1-2-3-4-5-6-8-11-17(23)14-15-20-19(25)16-21(28-20)18(24)12-9-7-10-13-22(26)27/h3-4,6-9,14-15,17-21,23-25H,2,5,10-13,16H2,1H3,(H,26,27)/b4-3-,8-6-,9-7-,15-14+/t17-,18-,19-,20-,21-/m1/s1. The van der Waals surface area contributed by atoms with Gasteiger partial charge < -0.3 is 25.2 Å². The first-order valence-electron chi connectivity index (χ1n) is 9.98. The summed E-state index contributed by atoms with van der Waals surface area (Å²) in [6, 6.07) is 0. The van der Waals surface area contributed by atoms with E-state index in [1.54, 1.807) is 24.3 Å². The minimum Gasteiger partial charge on any atom is -0.481 e. The zero-order valence-corrected chi connectivity index (χ0v) is 16.6. The molecular weight excluding hydrogens is 360 g/mol. The van der Waals surface area contributed by atoms with Gasteiger partial charge in [-0.15, -0.1) is 0 Å². The molecule has 0 unspecified atom stereocenters. The number of aliphatic carboxylic acids is 1. The molecule has 0 radical (unpaired) electrons. The number of aliphatic hydroxyl groups is 3. The van der Waals surface area contributed by atoms with Crippen LogP contribution in [0.25, 0.3) is 0 Å². The Morgan fingerprint density at radius 2 is 1.82 bits per heavy atom. The van der Waals surface area contributed by atoms with E-state index in [0.29, 0.717) is 25.7 Å². The smallest absolute Gasteiger partial charge is 0.303 e. The fourth-order valence-electron chi connectivity index (χ4n) is 2.84. The molecule has 0 aromatic carbocycles. The summed E-state index contributed by atoms with van der Waals surface area (Å²) in [5, 5.41) is 38.9. The summed E-state index contributed by atoms with van der Waals surface area (Å²) in [5.41, 5.74) is 0. The number of aliphatic hydroxyl groups excluding tert-OH is 3. The van der Waals surface area contributed by atoms with E-state index in [0.717, 1.165) is 12.8 Å². The molecule has 1 heterocycles. The molecular formula is C22H34O6. The zero-order valence-electron chi connectivity index (χ0n) is 16.6. The van der Waals surface area contributed by atoms with Crippen LogP contribution in [0.15, 0.2) is 48.6 Å². The number of allylic oxidation sites excluding steroid dienone is 4. The maximum Gasteiger partial charge on any atom is 0.303 e. The summed E-state index contributed by atoms with van der Waals surface area (Å²) in [6.45, 7) is 2.08. The molecule has 0 aliphatic carbocycles. The van der Waals surface area contributed by atoms with E-state index >= 15 is 0 Å². The molecule has 0 spiro atoms. The van der Waals surface area contributed by atoms with E-state index in [-0.39, 0.29) is 6.42 Å². The van der Waals surface area contributed by atoms with Crippen LogP contribution in [0.2, 0.25) is 0 Å². The molecule has 0 aromatic rings. The monoisotopic (exact) mass is 394 g/mol. The maximum atomic E-state index is 10.4. The Balaban J connectivity index is 2.34. The van der Waals surface area contributed by atoms with Crippen LogP contribution in [-0.2, 0) is 9.53 Å². The van der Waals surface area contributed by atoms with Crippen molar-refractivity contribution in [3.8, 4) is 0 Å². The number of carboxylic acids is 1. The first-order valence-corrected chi connectivity index (χ1v) is 9.98. The molecule has 1 aliphatic heterocycles. The largest absolute Gasteiger partial charge is 0.481 e. The van der Waals surface area contributed by atoms with Crippen molar-refractivity contribution < 1.29 is 30.0 Å². The fourth-order valence-corrected chi connectivity index (χ4v) is 2.84. The Morgan fingerprint density at radius 1 is 1.11 bits per heavy atom. The Bertz CT molecular complexity index is 551. The molecule has 6 heteroatoms. The van der Waals surface area contributed by atoms with Crippen LogP contribution in [0.3, 0.4) is 0 Å². The molecule has 5 atom stereocenters. The normalized spacial score (nSPS) is 25.5. The molecule has 1 rings (SSSR count). The highest BCUT2D eigenvalue weighted by Crippen LogP contribution is 2.25. The van der Waals surface area contributed by atoms with Crippen molar-refractivity contribution in [2.45, 2.75) is 82.4 Å². The lowest BCUT2D eigenvalue weighted by Crippen LogP contribution is -2.25. The molecule has 4 N–H and O–H groups in total. The third-order valence-corrected chi connectivity index (χ3v) is 4.42. The quantitative estimate of drug-likeness (QED) is 0.358. The van der Waals surface area contributed by atoms with Crippen molar-refractivity contribution in [2.75, 3.05) is 0 Å². The fraction of sp³-hybridized carbons (Fsp3) is 0.591. The van der Waals surface area contributed by atoms with E-state index in [2.05, 4.69) is 19.1 Å². The molecule has 0 saturated carbocycles. The minimum absolute atomic E-state index is 0.0606. The van der Waals surface area contributed by atoms with Crippen molar-refractivity contribution in [3.05, 3.63) is 48.6 Å². The topological polar surface area (TPSA) is 107 Å². The molecule has 158 valence electrons. The third kappa shape index (κ3) is 10.6. The van der Waals surface area contributed by atoms with E-state index in [4.69, 9.17) is 9.84 Å². The zero-order chi connectivity index (χ0) is 20.8. The molecule has 1 fully saturated rings. The highest BCUT2D eigenvalue weighted by atomic mass is 16.5. The predicted octanol–water partition coefficient (Wildman–Crippen LogP) is 2.90. The first-order chi connectivity index (χ1) is 13.4. The van der Waals surface area contributed by atoms with Gasteiger partial charge in [0.25, 0.3) is 0 Å². The summed E-state index contributed by atoms with van der Waals surface area (Å²) < 4.78 is 5.70. The second-order valence-electron chi connectivity index (χ2n) is 6.92. The maximum absolute atomic E-state index is 10.4. The number of hydrogen-bond acceptors (Lipinski definition) is 5. The Kier molecular flexibility index (Phi) is 12.4. The second kappa shape index (κ2) is 14.3. The van der Waals surface area contributed by atoms with Crippen molar-refractivity contribution in [2.24, 2.45) is 0 Å². The van der Waals surface area contributed by atoms with Gasteiger partial charge in [0.05, 0.1) is 24.4 Å². The van der Waals surface area contributed by atoms with E-state index in [9.17, 15) is 20.1 Å². The first kappa shape index (κ1) is 24.3. The second-order valence-corrected chi connectivity index (χ2v) is 6.92. The summed E-state index contributed by atoms with van der Waals surface area (Å²) in [6.07, 6.45) is 15.1. The third-order valence-electron chi connectivity index (χ3n) is 4.42. The van der Waals surface area contributed by atoms with Gasteiger partial charge in [0, 0.05) is 12.8 Å². The number of carbonyl (C=O) groups is 1. The van der Waals surface area contributed by atoms with Crippen LogP contribution in [0.1, 0.15) is 51.9 Å². The van der Waals surface area contributed by atoms with Crippen molar-refractivity contribution in [3.63, 3.8) is 0 Å². The summed E-state index contributed by atoms with van der Waals surface area (Å²) >= 11 is 0. The average molecular weight is 395 g/mol. The lowest BCUT2D eigenvalue weighted by atomic mass is 10.0. The highest BCUT2D eigenvalue weighted by Gasteiger charge is 2.35. The van der Waals surface area contributed by atoms with Gasteiger partial charge >= 0.3 is 5.97 Å². The van der Waals surface area contributed by atoms with Gasteiger partial charge in [0.1, 0.15) is 6.10 Å². The molecule has 28 heavy (non-hydrogen) atoms. The van der Waals surface area contributed by atoms with Crippen LogP contribution >= 0.6 is 0 Å². The lowest BCUT2D eigenvalue weighted by Gasteiger charge is -2.16. The van der Waals surface area contributed by atoms with Crippen LogP contribution in [0, 0.1) is 0 Å². The molecule has 0 aromatic heterocycles. The van der Waals surface area contributed by atoms with E-state index in [1.165, 1.54) is 0 Å². The Labute approximate surface area is 167 Å². The van der Waals surface area contributed by atoms with Gasteiger partial charge in [-0.3, -0.25) is 4.79 Å². The SMILES string of the molecule is CC/C=C\C/C=C\C[C@@H](O)/C=C/[C@H]1O[C@@H]([C@H](O)C/C=C\CCC(=O)O)C[C@H]1O. The van der Waals surface area contributed by atoms with Crippen molar-refractivity contribution in [1.29, 1.82) is 0 Å². The minimum atomic E-state index is -0.854. The summed E-state index contributed by atoms with van der Waals surface area (Å²) in [5.74, 6) is -0.854. The molecule has 1 aliphatic rings. The highest BCUT2D eigenvalue weighted by molar-refractivity contribution is 5.66. The van der Waals surface area contributed by atoms with Gasteiger partial charge in [-0.1, -0.05) is 55.5 Å². The van der Waals surface area contributed by atoms with Gasteiger partial charge in [0.2, 0.25) is 0 Å². The number of ether oxygens (including phenoxy) is 1. The Hall–Kier alpha value is -1.73. The summed E-state index contributed by atoms with van der Waals surface area (Å²) in [4.78, 5) is 10.4. The van der Waals surface area contributed by atoms with E-state index in [1.807, 2.05) is 12.2 Å². The number of rotatable bonds is 13. The van der Waals surface area contributed by atoms with Crippen LogP contribution in [0.5, 0.6) is 0 Å². The average Bonchev–Trinajstić information content (AvgIpc) is 3.03. The summed E-state index contributed by atoms with van der Waals surface area (Å²) in [7, 11) is 0. The van der Waals surface area contributed by atoms with Gasteiger partial charge in [-0.05, 0) is 32.1 Å². The van der Waals surface area contributed by atoms with Crippen molar-refractivity contribution >= 4 is 5.97 Å². The van der Waals surface area contributed by atoms with Crippen molar-refractivity contribution in [1.82, 2.24) is 0 Å². The molecule has 6 nitrogen and oxygen atoms in total. The molecule has 1 saturated heterocycles. The van der Waals surface area contributed by atoms with Gasteiger partial charge in [-0.25, -0.2) is 0 Å². The van der Waals surface area contributed by atoms with Crippen LogP contribution < -0.4 is 0 Å². The Morgan fingerprint density at radius 3 is 2.54 bits per heavy atom. The van der Waals surface area contributed by atoms with Crippen LogP contribution in [0.4, 0.5) is 0 Å². The van der Waals surface area contributed by atoms with E-state index < -0.39 is 36.5 Å². The predicted molar refractivity (Wildman–Crippen MR) is 109 cm³/mol. The van der Waals surface area contributed by atoms with Gasteiger partial charge in [0.15, 0.2) is 0 Å². The molecule has 0 bridgehead atoms.